The van der Waals surface area contributed by atoms with Crippen molar-refractivity contribution in [2.24, 2.45) is 11.8 Å². The number of nitro benzene ring substituents is 2. The first-order chi connectivity index (χ1) is 18.2. The van der Waals surface area contributed by atoms with Crippen molar-refractivity contribution in [3.05, 3.63) is 104 Å². The number of hydrogen-bond donors (Lipinski definition) is 1. The number of hydrogen-bond acceptors (Lipinski definition) is 6. The Morgan fingerprint density at radius 2 is 1.47 bits per heavy atom. The van der Waals surface area contributed by atoms with Crippen LogP contribution in [0.25, 0.3) is 11.1 Å². The summed E-state index contributed by atoms with van der Waals surface area (Å²) in [5.74, 6) is 0.608. The maximum absolute atomic E-state index is 13.2. The van der Waals surface area contributed by atoms with E-state index in [1.54, 1.807) is 24.3 Å². The molecule has 0 saturated heterocycles. The van der Waals surface area contributed by atoms with Gasteiger partial charge in [0.25, 0.3) is 17.3 Å². The third kappa shape index (κ3) is 6.23. The second kappa shape index (κ2) is 12.0. The number of benzene rings is 3. The number of carbonyl (C=O) groups excluding carboxylic acids is 1. The molecule has 198 valence electrons. The highest BCUT2D eigenvalue weighted by Crippen LogP contribution is 2.39. The summed E-state index contributed by atoms with van der Waals surface area (Å²) in [5.41, 5.74) is 1.53. The zero-order chi connectivity index (χ0) is 27.2. The second-order valence-corrected chi connectivity index (χ2v) is 10.1. The fourth-order valence-corrected chi connectivity index (χ4v) is 5.58. The van der Waals surface area contributed by atoms with Gasteiger partial charge >= 0.3 is 0 Å². The van der Waals surface area contributed by atoms with Gasteiger partial charge in [0.2, 0.25) is 0 Å². The van der Waals surface area contributed by atoms with Gasteiger partial charge in [-0.1, -0.05) is 48.5 Å². The molecule has 0 heterocycles. The molecule has 0 radical (unpaired) electrons. The third-order valence-corrected chi connectivity index (χ3v) is 7.39. The molecule has 1 unspecified atom stereocenters. The first-order valence-corrected chi connectivity index (χ1v) is 12.8. The zero-order valence-corrected chi connectivity index (χ0v) is 21.6. The average Bonchev–Trinajstić information content (AvgIpc) is 2.92. The van der Waals surface area contributed by atoms with Gasteiger partial charge in [0.15, 0.2) is 0 Å². The van der Waals surface area contributed by atoms with Gasteiger partial charge in [-0.25, -0.2) is 0 Å². The van der Waals surface area contributed by atoms with Gasteiger partial charge in [-0.2, -0.15) is 0 Å². The number of nitrogens with one attached hydrogen (secondary N) is 1. The zero-order valence-electron chi connectivity index (χ0n) is 21.6. The van der Waals surface area contributed by atoms with Crippen LogP contribution in [0.5, 0.6) is 0 Å². The molecule has 1 amide bonds. The molecule has 1 fully saturated rings. The second-order valence-electron chi connectivity index (χ2n) is 10.1. The summed E-state index contributed by atoms with van der Waals surface area (Å²) in [6.45, 7) is 0.535. The topological polar surface area (TPSA) is 119 Å². The predicted octanol–water partition coefficient (Wildman–Crippen LogP) is 6.01. The van der Waals surface area contributed by atoms with Crippen LogP contribution in [0, 0.1) is 32.1 Å². The highest BCUT2D eigenvalue weighted by Gasteiger charge is 2.30. The lowest BCUT2D eigenvalue weighted by Gasteiger charge is -2.37. The summed E-state index contributed by atoms with van der Waals surface area (Å²) in [6, 6.07) is 21.0. The van der Waals surface area contributed by atoms with Crippen molar-refractivity contribution in [3.63, 3.8) is 0 Å². The molecule has 1 aliphatic carbocycles. The lowest BCUT2D eigenvalue weighted by Crippen LogP contribution is -2.34. The van der Waals surface area contributed by atoms with Gasteiger partial charge in [-0.3, -0.25) is 25.0 Å². The Kier molecular flexibility index (Phi) is 8.48. The van der Waals surface area contributed by atoms with Crippen LogP contribution in [0.15, 0.2) is 72.8 Å². The quantitative estimate of drug-likeness (QED) is 0.275. The average molecular weight is 517 g/mol. The largest absolute Gasteiger partial charge is 0.352 e. The Hall–Kier alpha value is -4.11. The van der Waals surface area contributed by atoms with Gasteiger partial charge in [0.1, 0.15) is 0 Å². The van der Waals surface area contributed by atoms with Crippen molar-refractivity contribution >= 4 is 17.3 Å². The number of amides is 1. The van der Waals surface area contributed by atoms with E-state index in [1.165, 1.54) is 17.7 Å². The molecule has 0 aliphatic heterocycles. The Morgan fingerprint density at radius 1 is 0.895 bits per heavy atom. The summed E-state index contributed by atoms with van der Waals surface area (Å²) in [4.78, 5) is 36.8. The van der Waals surface area contributed by atoms with E-state index in [2.05, 4.69) is 48.6 Å². The fraction of sp³-hybridized carbons (Fsp3) is 0.345. The lowest BCUT2D eigenvalue weighted by molar-refractivity contribution is -0.394. The summed E-state index contributed by atoms with van der Waals surface area (Å²) in [7, 11) is 4.24. The van der Waals surface area contributed by atoms with Gasteiger partial charge < -0.3 is 10.2 Å². The molecule has 9 heteroatoms. The normalized spacial score (nSPS) is 18.1. The molecule has 4 rings (SSSR count). The molecule has 1 N–H and O–H groups in total. The molecule has 9 nitrogen and oxygen atoms in total. The standard InChI is InChI=1S/C29H32N4O5/c1-31(2)28(21-8-4-3-5-9-21)22-14-12-20(13-15-22)19-30-29(34)27-11-7-6-10-26(27)23-16-24(32(35)36)18-25(17-23)33(37)38/h3-11,16-18,20,22,28H,12-15,19H2,1-2H3,(H,30,34). The van der Waals surface area contributed by atoms with E-state index in [-0.39, 0.29) is 11.5 Å². The van der Waals surface area contributed by atoms with Crippen molar-refractivity contribution in [2.75, 3.05) is 20.6 Å². The first-order valence-electron chi connectivity index (χ1n) is 12.8. The van der Waals surface area contributed by atoms with Crippen molar-refractivity contribution in [1.82, 2.24) is 10.2 Å². The highest BCUT2D eigenvalue weighted by molar-refractivity contribution is 6.01. The molecule has 3 aromatic rings. The predicted molar refractivity (Wildman–Crippen MR) is 146 cm³/mol. The molecule has 3 aromatic carbocycles. The van der Waals surface area contributed by atoms with Gasteiger partial charge in [0, 0.05) is 30.3 Å². The molecule has 38 heavy (non-hydrogen) atoms. The summed E-state index contributed by atoms with van der Waals surface area (Å²) in [6.07, 6.45) is 4.18. The van der Waals surface area contributed by atoms with Crippen LogP contribution >= 0.6 is 0 Å². The Balaban J connectivity index is 1.43. The van der Waals surface area contributed by atoms with Gasteiger partial charge in [-0.15, -0.1) is 0 Å². The maximum Gasteiger partial charge on any atom is 0.276 e. The van der Waals surface area contributed by atoms with E-state index >= 15 is 0 Å². The third-order valence-electron chi connectivity index (χ3n) is 7.39. The Morgan fingerprint density at radius 3 is 2.05 bits per heavy atom. The van der Waals surface area contributed by atoms with Crippen LogP contribution in [0.1, 0.15) is 47.6 Å². The van der Waals surface area contributed by atoms with E-state index in [4.69, 9.17) is 0 Å². The Bertz CT molecular complexity index is 1270. The van der Waals surface area contributed by atoms with E-state index in [1.807, 2.05) is 6.07 Å². The fourth-order valence-electron chi connectivity index (χ4n) is 5.58. The van der Waals surface area contributed by atoms with Crippen LogP contribution in [-0.4, -0.2) is 41.3 Å². The summed E-state index contributed by atoms with van der Waals surface area (Å²) in [5, 5.41) is 25.7. The number of non-ortho nitro benzene ring substituents is 2. The molecule has 1 saturated carbocycles. The molecular formula is C29H32N4O5. The Labute approximate surface area is 221 Å². The van der Waals surface area contributed by atoms with E-state index in [0.29, 0.717) is 35.5 Å². The SMILES string of the molecule is CN(C)C(c1ccccc1)C1CCC(CNC(=O)c2ccccc2-c2cc([N+](=O)[O-])cc([N+](=O)[O-])c2)CC1. The van der Waals surface area contributed by atoms with E-state index in [9.17, 15) is 25.0 Å². The minimum Gasteiger partial charge on any atom is -0.352 e. The molecule has 1 atom stereocenters. The van der Waals surface area contributed by atoms with Crippen molar-refractivity contribution in [2.45, 2.75) is 31.7 Å². The van der Waals surface area contributed by atoms with Crippen molar-refractivity contribution < 1.29 is 14.6 Å². The smallest absolute Gasteiger partial charge is 0.276 e. The summed E-state index contributed by atoms with van der Waals surface area (Å²) < 4.78 is 0. The molecule has 1 aliphatic rings. The number of nitrogens with zero attached hydrogens (tertiary/aromatic N) is 3. The van der Waals surface area contributed by atoms with Crippen molar-refractivity contribution in [3.8, 4) is 11.1 Å². The minimum atomic E-state index is -0.672. The van der Waals surface area contributed by atoms with Crippen LogP contribution in [0.4, 0.5) is 11.4 Å². The highest BCUT2D eigenvalue weighted by atomic mass is 16.6. The van der Waals surface area contributed by atoms with Crippen LogP contribution in [0.2, 0.25) is 0 Å². The van der Waals surface area contributed by atoms with Crippen LogP contribution in [0.3, 0.4) is 0 Å². The van der Waals surface area contributed by atoms with Crippen molar-refractivity contribution in [1.29, 1.82) is 0 Å². The maximum atomic E-state index is 13.2. The molecule has 0 bridgehead atoms. The molecule has 0 spiro atoms. The minimum absolute atomic E-state index is 0.257. The van der Waals surface area contributed by atoms with Crippen LogP contribution in [-0.2, 0) is 0 Å². The number of carbonyl (C=O) groups is 1. The van der Waals surface area contributed by atoms with Crippen LogP contribution < -0.4 is 5.32 Å². The summed E-state index contributed by atoms with van der Waals surface area (Å²) >= 11 is 0. The van der Waals surface area contributed by atoms with Gasteiger partial charge in [-0.05, 0) is 74.4 Å². The number of nitro groups is 2. The monoisotopic (exact) mass is 516 g/mol. The molecule has 0 aromatic heterocycles. The molecular weight excluding hydrogens is 484 g/mol. The first kappa shape index (κ1) is 26.9. The van der Waals surface area contributed by atoms with E-state index < -0.39 is 21.2 Å². The van der Waals surface area contributed by atoms with Gasteiger partial charge in [0.05, 0.1) is 15.9 Å². The number of rotatable bonds is 9. The van der Waals surface area contributed by atoms with E-state index in [0.717, 1.165) is 31.7 Å². The lowest BCUT2D eigenvalue weighted by atomic mass is 9.76.